The number of rotatable bonds is 4. The van der Waals surface area contributed by atoms with Crippen molar-refractivity contribution in [1.29, 1.82) is 0 Å². The van der Waals surface area contributed by atoms with E-state index in [0.717, 1.165) is 0 Å². The lowest BCUT2D eigenvalue weighted by Crippen LogP contribution is -2.28. The van der Waals surface area contributed by atoms with E-state index >= 15 is 0 Å². The van der Waals surface area contributed by atoms with Crippen molar-refractivity contribution in [3.63, 3.8) is 0 Å². The Labute approximate surface area is 490 Å². The Bertz CT molecular complexity index is 4710. The first kappa shape index (κ1) is 46.5. The van der Waals surface area contributed by atoms with Gasteiger partial charge in [0.1, 0.15) is 0 Å². The van der Waals surface area contributed by atoms with Gasteiger partial charge in [0.15, 0.2) is 0 Å². The Morgan fingerprint density at radius 1 is 0.179 bits per heavy atom. The van der Waals surface area contributed by atoms with Crippen molar-refractivity contribution in [3.05, 3.63) is 369 Å². The minimum Gasteiger partial charge on any atom is -0.0619 e. The van der Waals surface area contributed by atoms with Crippen LogP contribution >= 0.6 is 0 Å². The molecule has 0 radical (unpaired) electrons. The Balaban J connectivity index is 0.818. The van der Waals surface area contributed by atoms with Crippen molar-refractivity contribution in [2.75, 3.05) is 0 Å². The van der Waals surface area contributed by atoms with Gasteiger partial charge in [-0.2, -0.15) is 0 Å². The topological polar surface area (TPSA) is 0 Å². The molecule has 84 heavy (non-hydrogen) atoms. The van der Waals surface area contributed by atoms with E-state index in [-0.39, 0.29) is 5.41 Å². The summed E-state index contributed by atoms with van der Waals surface area (Å²) in [7, 11) is 0. The van der Waals surface area contributed by atoms with Crippen LogP contribution in [0.2, 0.25) is 0 Å². The predicted octanol–water partition coefficient (Wildman–Crippen LogP) is 20.4. The first-order valence-electron chi connectivity index (χ1n) is 29.9. The molecule has 0 fully saturated rings. The molecule has 19 rings (SSSR count). The van der Waals surface area contributed by atoms with Gasteiger partial charge in [-0.05, 0) is 179 Å². The molecule has 6 aliphatic rings. The molecule has 0 bridgehead atoms. The van der Waals surface area contributed by atoms with Crippen molar-refractivity contribution in [2.45, 2.75) is 35.5 Å². The lowest BCUT2D eigenvalue weighted by Gasteiger charge is -2.34. The molecule has 0 nitrogen and oxygen atoms in total. The Morgan fingerprint density at radius 3 is 0.833 bits per heavy atom. The van der Waals surface area contributed by atoms with Gasteiger partial charge in [0, 0.05) is 5.41 Å². The van der Waals surface area contributed by atoms with Gasteiger partial charge in [0.05, 0.1) is 16.2 Å². The van der Waals surface area contributed by atoms with E-state index in [1.807, 2.05) is 0 Å². The van der Waals surface area contributed by atoms with E-state index in [1.54, 1.807) is 0 Å². The maximum atomic E-state index is 2.59. The molecule has 0 saturated heterocycles. The molecule has 6 aliphatic carbocycles. The maximum Gasteiger partial charge on any atom is 0.0725 e. The van der Waals surface area contributed by atoms with Crippen molar-refractivity contribution in [3.8, 4) is 89.0 Å². The molecule has 0 heteroatoms. The second kappa shape index (κ2) is 16.3. The second-order valence-electron chi connectivity index (χ2n) is 24.8. The van der Waals surface area contributed by atoms with Crippen molar-refractivity contribution < 1.29 is 0 Å². The van der Waals surface area contributed by atoms with Gasteiger partial charge in [0.2, 0.25) is 0 Å². The summed E-state index contributed by atoms with van der Waals surface area (Å²) < 4.78 is 0. The molecular formula is C84H54. The summed E-state index contributed by atoms with van der Waals surface area (Å²) in [6, 6.07) is 112. The van der Waals surface area contributed by atoms with Crippen LogP contribution in [0.5, 0.6) is 0 Å². The highest BCUT2D eigenvalue weighted by Crippen LogP contribution is 2.67. The summed E-state index contributed by atoms with van der Waals surface area (Å²) in [5.41, 5.74) is 38.1. The fraction of sp³-hybridized carbons (Fsp3) is 0.0714. The van der Waals surface area contributed by atoms with Crippen LogP contribution in [0.25, 0.3) is 89.0 Å². The molecular weight excluding hydrogens is 1010 g/mol. The third-order valence-electron chi connectivity index (χ3n) is 21.0. The zero-order valence-corrected chi connectivity index (χ0v) is 46.7. The van der Waals surface area contributed by atoms with Crippen LogP contribution in [0.15, 0.2) is 291 Å². The molecule has 13 aromatic rings. The van der Waals surface area contributed by atoms with Gasteiger partial charge in [-0.15, -0.1) is 0 Å². The van der Waals surface area contributed by atoms with Gasteiger partial charge in [-0.3, -0.25) is 0 Å². The van der Waals surface area contributed by atoms with Gasteiger partial charge in [-0.1, -0.05) is 293 Å². The van der Waals surface area contributed by atoms with E-state index in [2.05, 4.69) is 305 Å². The first-order valence-corrected chi connectivity index (χ1v) is 29.9. The molecule has 0 aromatic heterocycles. The minimum absolute atomic E-state index is 0.143. The average molecular weight is 1060 g/mol. The van der Waals surface area contributed by atoms with E-state index in [9.17, 15) is 0 Å². The van der Waals surface area contributed by atoms with Crippen LogP contribution in [0.3, 0.4) is 0 Å². The van der Waals surface area contributed by atoms with Crippen LogP contribution < -0.4 is 0 Å². The van der Waals surface area contributed by atoms with Gasteiger partial charge >= 0.3 is 0 Å². The molecule has 13 aromatic carbocycles. The van der Waals surface area contributed by atoms with Crippen LogP contribution in [0.1, 0.15) is 91.7 Å². The fourth-order valence-electron chi connectivity index (χ4n) is 17.8. The zero-order chi connectivity index (χ0) is 55.3. The predicted molar refractivity (Wildman–Crippen MR) is 345 cm³/mol. The second-order valence-corrected chi connectivity index (χ2v) is 24.8. The Hall–Kier alpha value is -10.1. The molecule has 0 aliphatic heterocycles. The molecule has 390 valence electrons. The zero-order valence-electron chi connectivity index (χ0n) is 46.7. The lowest BCUT2D eigenvalue weighted by atomic mass is 9.67. The quantitative estimate of drug-likeness (QED) is 0.165. The van der Waals surface area contributed by atoms with E-state index in [1.165, 1.54) is 167 Å². The first-order chi connectivity index (χ1) is 41.4. The number of hydrogen-bond acceptors (Lipinski definition) is 0. The van der Waals surface area contributed by atoms with Gasteiger partial charge in [-0.25, -0.2) is 0 Å². The summed E-state index contributed by atoms with van der Waals surface area (Å²) in [4.78, 5) is 0. The highest BCUT2D eigenvalue weighted by molar-refractivity contribution is 6.02. The molecule has 0 amide bonds. The van der Waals surface area contributed by atoms with Crippen LogP contribution in [0.4, 0.5) is 0 Å². The molecule has 0 saturated carbocycles. The molecule has 2 spiro atoms. The summed E-state index contributed by atoms with van der Waals surface area (Å²) in [5, 5.41) is 0. The van der Waals surface area contributed by atoms with E-state index in [0.29, 0.717) is 0 Å². The standard InChI is InChI=1S/C84H54/c1-81(2)67-31-11-3-25-61(67)65-50-78-66(49-77(65)81)62-26-8-12-32-68(62)82(78,53-45-41-51(42-46-53)55-29-19-39-75-79(55)63-27-9-17-37-73(63)83(75)69-33-13-4-21-57(69)58-22-5-14-34-70(58)83)54-47-43-52(44-48-54)56-30-20-40-76-80(56)64-28-10-18-38-74(64)84(76)71-35-15-6-23-59(71)60-24-7-16-36-72(60)84/h3-50H,1-2H3. The maximum absolute atomic E-state index is 2.59. The summed E-state index contributed by atoms with van der Waals surface area (Å²) in [5.74, 6) is 0. The molecule has 0 N–H and O–H groups in total. The van der Waals surface area contributed by atoms with Crippen molar-refractivity contribution in [1.82, 2.24) is 0 Å². The fourth-order valence-corrected chi connectivity index (χ4v) is 17.8. The smallest absolute Gasteiger partial charge is 0.0619 e. The third-order valence-corrected chi connectivity index (χ3v) is 21.0. The highest BCUT2D eigenvalue weighted by Gasteiger charge is 2.54. The van der Waals surface area contributed by atoms with E-state index < -0.39 is 16.2 Å². The van der Waals surface area contributed by atoms with Crippen molar-refractivity contribution in [2.24, 2.45) is 0 Å². The molecule has 0 unspecified atom stereocenters. The average Bonchev–Trinajstić information content (AvgIpc) is 1.60. The molecule has 0 atom stereocenters. The van der Waals surface area contributed by atoms with E-state index in [4.69, 9.17) is 0 Å². The number of fused-ring (bicyclic) bond motifs is 26. The van der Waals surface area contributed by atoms with Crippen LogP contribution in [-0.2, 0) is 21.7 Å². The Morgan fingerprint density at radius 2 is 0.440 bits per heavy atom. The Kier molecular flexibility index (Phi) is 9.02. The summed E-state index contributed by atoms with van der Waals surface area (Å²) >= 11 is 0. The molecule has 0 heterocycles. The van der Waals surface area contributed by atoms with Crippen LogP contribution in [-0.4, -0.2) is 0 Å². The lowest BCUT2D eigenvalue weighted by molar-refractivity contribution is 0.660. The SMILES string of the molecule is CC1(C)c2ccccc2-c2cc3c(cc21)-c1ccccc1C3(c1ccc(-c2cccc3c2-c2ccccc2C32c3ccccc3-c3ccccc32)cc1)c1ccc(-c2cccc3c2-c2ccccc2C32c3ccccc3-c3ccccc32)cc1. The normalized spacial score (nSPS) is 15.6. The summed E-state index contributed by atoms with van der Waals surface area (Å²) in [6.07, 6.45) is 0. The third kappa shape index (κ3) is 5.43. The number of benzene rings is 13. The van der Waals surface area contributed by atoms with Gasteiger partial charge in [0.25, 0.3) is 0 Å². The largest absolute Gasteiger partial charge is 0.0725 e. The summed E-state index contributed by atoms with van der Waals surface area (Å²) in [6.45, 7) is 4.82. The number of hydrogen-bond donors (Lipinski definition) is 0. The monoisotopic (exact) mass is 1060 g/mol. The minimum atomic E-state index is -0.640. The highest BCUT2D eigenvalue weighted by atomic mass is 14.6. The van der Waals surface area contributed by atoms with Gasteiger partial charge < -0.3 is 0 Å². The van der Waals surface area contributed by atoms with Crippen LogP contribution in [0, 0.1) is 0 Å². The van der Waals surface area contributed by atoms with Crippen molar-refractivity contribution >= 4 is 0 Å².